The Kier molecular flexibility index (Phi) is 10.4. The van der Waals surface area contributed by atoms with Crippen molar-refractivity contribution in [1.29, 1.82) is 0 Å². The minimum atomic E-state index is -1.17. The number of hydrogen-bond acceptors (Lipinski definition) is 11. The molecule has 3 atom stereocenters. The van der Waals surface area contributed by atoms with Crippen LogP contribution in [0.2, 0.25) is 0 Å². The Labute approximate surface area is 251 Å². The van der Waals surface area contributed by atoms with Gasteiger partial charge in [0, 0.05) is 62.2 Å². The van der Waals surface area contributed by atoms with Crippen molar-refractivity contribution in [2.75, 3.05) is 32.7 Å². The summed E-state index contributed by atoms with van der Waals surface area (Å²) in [7, 11) is 0. The molecule has 0 bridgehead atoms. The number of nitro benzene ring substituents is 2. The minimum Gasteiger partial charge on any atom is -0.445 e. The molecule has 0 saturated carbocycles. The third kappa shape index (κ3) is 8.32. The number of non-ortho nitro benzene ring substituents is 2. The van der Waals surface area contributed by atoms with Crippen molar-refractivity contribution in [3.8, 4) is 0 Å². The summed E-state index contributed by atoms with van der Waals surface area (Å²) >= 11 is 4.45. The zero-order valence-electron chi connectivity index (χ0n) is 23.0. The van der Waals surface area contributed by atoms with E-state index in [1.165, 1.54) is 63.2 Å². The number of nitrogens with zero attached hydrogens (tertiary/aromatic N) is 5. The van der Waals surface area contributed by atoms with Gasteiger partial charge in [0.2, 0.25) is 5.91 Å². The van der Waals surface area contributed by atoms with Gasteiger partial charge in [-0.25, -0.2) is 9.59 Å². The summed E-state index contributed by atoms with van der Waals surface area (Å²) in [4.78, 5) is 63.1. The molecule has 2 aromatic rings. The maximum absolute atomic E-state index is 13.0. The van der Waals surface area contributed by atoms with E-state index in [-0.39, 0.29) is 74.9 Å². The molecule has 2 saturated heterocycles. The molecule has 2 aliphatic heterocycles. The summed E-state index contributed by atoms with van der Waals surface area (Å²) in [5, 5.41) is 32.3. The van der Waals surface area contributed by atoms with Gasteiger partial charge in [-0.2, -0.15) is 12.6 Å². The predicted molar refractivity (Wildman–Crippen MR) is 153 cm³/mol. The number of carbonyl (C=O) groups is 3. The van der Waals surface area contributed by atoms with Crippen LogP contribution in [0, 0.1) is 20.2 Å². The Morgan fingerprint density at radius 2 is 1.30 bits per heavy atom. The van der Waals surface area contributed by atoms with Gasteiger partial charge < -0.3 is 29.3 Å². The fourth-order valence-corrected chi connectivity index (χ4v) is 5.28. The summed E-state index contributed by atoms with van der Waals surface area (Å²) in [5.41, 5.74) is 1.01. The summed E-state index contributed by atoms with van der Waals surface area (Å²) < 4.78 is 10.7. The average molecular weight is 618 g/mol. The Morgan fingerprint density at radius 3 is 1.79 bits per heavy atom. The van der Waals surface area contributed by atoms with Crippen LogP contribution >= 0.6 is 12.6 Å². The minimum absolute atomic E-state index is 0.0531. The lowest BCUT2D eigenvalue weighted by Crippen LogP contribution is -2.52. The van der Waals surface area contributed by atoms with Gasteiger partial charge >= 0.3 is 12.2 Å². The second-order valence-corrected chi connectivity index (χ2v) is 10.9. The molecule has 3 amide bonds. The Morgan fingerprint density at radius 1 is 0.837 bits per heavy atom. The molecular weight excluding hydrogens is 586 g/mol. The van der Waals surface area contributed by atoms with Crippen molar-refractivity contribution in [3.05, 3.63) is 79.9 Å². The number of nitro groups is 2. The first-order valence-corrected chi connectivity index (χ1v) is 14.0. The van der Waals surface area contributed by atoms with E-state index in [4.69, 9.17) is 9.47 Å². The van der Waals surface area contributed by atoms with E-state index < -0.39 is 34.2 Å². The first-order chi connectivity index (χ1) is 20.5. The Hall–Kier alpha value is -4.44. The van der Waals surface area contributed by atoms with E-state index in [0.717, 1.165) is 0 Å². The van der Waals surface area contributed by atoms with E-state index in [2.05, 4.69) is 12.6 Å². The number of rotatable bonds is 9. The third-order valence-electron chi connectivity index (χ3n) is 7.29. The molecule has 15 nitrogen and oxygen atoms in total. The number of hydrogen-bond donors (Lipinski definition) is 2. The van der Waals surface area contributed by atoms with Crippen molar-refractivity contribution < 1.29 is 38.8 Å². The topological polar surface area (TPSA) is 186 Å². The van der Waals surface area contributed by atoms with Gasteiger partial charge in [0.05, 0.1) is 28.4 Å². The second-order valence-electron chi connectivity index (χ2n) is 10.2. The van der Waals surface area contributed by atoms with E-state index in [1.54, 1.807) is 0 Å². The van der Waals surface area contributed by atoms with Crippen LogP contribution in [0.25, 0.3) is 0 Å². The van der Waals surface area contributed by atoms with Crippen LogP contribution in [-0.4, -0.2) is 97.9 Å². The fraction of sp³-hybridized carbons (Fsp3) is 0.444. The van der Waals surface area contributed by atoms with E-state index in [0.29, 0.717) is 17.5 Å². The van der Waals surface area contributed by atoms with E-state index >= 15 is 0 Å². The maximum atomic E-state index is 13.0. The van der Waals surface area contributed by atoms with Gasteiger partial charge in [-0.3, -0.25) is 25.0 Å². The molecule has 4 rings (SSSR count). The first kappa shape index (κ1) is 31.5. The van der Waals surface area contributed by atoms with E-state index in [1.807, 2.05) is 0 Å². The zero-order valence-corrected chi connectivity index (χ0v) is 23.9. The summed E-state index contributed by atoms with van der Waals surface area (Å²) in [6.45, 7) is 0.973. The number of thiol groups is 1. The van der Waals surface area contributed by atoms with Crippen LogP contribution in [0.3, 0.4) is 0 Å². The standard InChI is InChI=1S/C27H31N5O10S/c33-24(23-13-22(43)15-30(23)27(36)42-17-19-3-7-21(8-4-19)32(39)40)14-25(34)28-9-11-29(12-10-28)26(35)41-16-18-1-5-20(6-2-18)31(37)38/h1-8,22-24,33,43H,9-17H2/t22-,23-,24-/m0/s1. The van der Waals surface area contributed by atoms with Gasteiger partial charge in [-0.05, 0) is 41.8 Å². The lowest BCUT2D eigenvalue weighted by molar-refractivity contribution is -0.385. The van der Waals surface area contributed by atoms with Gasteiger partial charge in [-0.1, -0.05) is 0 Å². The van der Waals surface area contributed by atoms with Crippen molar-refractivity contribution in [2.24, 2.45) is 0 Å². The normalized spacial score (nSPS) is 19.1. The van der Waals surface area contributed by atoms with E-state index in [9.17, 15) is 39.7 Å². The summed E-state index contributed by atoms with van der Waals surface area (Å²) in [5.74, 6) is -0.326. The number of aliphatic hydroxyl groups excluding tert-OH is 1. The molecular formula is C27H31N5O10S. The lowest BCUT2D eigenvalue weighted by atomic mass is 10.0. The predicted octanol–water partition coefficient (Wildman–Crippen LogP) is 2.74. The fourth-order valence-electron chi connectivity index (χ4n) is 4.89. The van der Waals surface area contributed by atoms with Gasteiger partial charge in [0.15, 0.2) is 0 Å². The molecule has 2 aliphatic rings. The third-order valence-corrected chi connectivity index (χ3v) is 7.67. The molecule has 2 fully saturated rings. The van der Waals surface area contributed by atoms with Gasteiger partial charge in [-0.15, -0.1) is 0 Å². The molecule has 0 radical (unpaired) electrons. The summed E-state index contributed by atoms with van der Waals surface area (Å²) in [6, 6.07) is 10.6. The highest BCUT2D eigenvalue weighted by Gasteiger charge is 2.40. The molecule has 2 heterocycles. The first-order valence-electron chi connectivity index (χ1n) is 13.5. The molecule has 0 unspecified atom stereocenters. The van der Waals surface area contributed by atoms with Gasteiger partial charge in [0.1, 0.15) is 13.2 Å². The van der Waals surface area contributed by atoms with Gasteiger partial charge in [0.25, 0.3) is 11.4 Å². The smallest absolute Gasteiger partial charge is 0.410 e. The quantitative estimate of drug-likeness (QED) is 0.241. The molecule has 2 aromatic carbocycles. The van der Waals surface area contributed by atoms with Crippen molar-refractivity contribution in [2.45, 2.75) is 43.5 Å². The highest BCUT2D eigenvalue weighted by molar-refractivity contribution is 7.81. The zero-order chi connectivity index (χ0) is 31.1. The highest BCUT2D eigenvalue weighted by Crippen LogP contribution is 2.27. The van der Waals surface area contributed by atoms with Crippen LogP contribution in [-0.2, 0) is 27.5 Å². The van der Waals surface area contributed by atoms with Crippen molar-refractivity contribution in [3.63, 3.8) is 0 Å². The molecule has 16 heteroatoms. The molecule has 0 aromatic heterocycles. The molecule has 1 N–H and O–H groups in total. The lowest BCUT2D eigenvalue weighted by Gasteiger charge is -2.35. The average Bonchev–Trinajstić information content (AvgIpc) is 3.41. The van der Waals surface area contributed by atoms with Crippen LogP contribution < -0.4 is 0 Å². The summed E-state index contributed by atoms with van der Waals surface area (Å²) in [6.07, 6.45) is -2.30. The van der Waals surface area contributed by atoms with Crippen molar-refractivity contribution >= 4 is 42.1 Å². The number of piperazine rings is 1. The molecule has 43 heavy (non-hydrogen) atoms. The number of amides is 3. The van der Waals surface area contributed by atoms with Crippen LogP contribution in [0.5, 0.6) is 0 Å². The number of carbonyl (C=O) groups excluding carboxylic acids is 3. The molecule has 230 valence electrons. The number of aliphatic hydroxyl groups is 1. The number of ether oxygens (including phenoxy) is 2. The number of benzene rings is 2. The van der Waals surface area contributed by atoms with Crippen LogP contribution in [0.4, 0.5) is 21.0 Å². The van der Waals surface area contributed by atoms with Crippen LogP contribution in [0.15, 0.2) is 48.5 Å². The maximum Gasteiger partial charge on any atom is 0.410 e. The largest absolute Gasteiger partial charge is 0.445 e. The monoisotopic (exact) mass is 617 g/mol. The highest BCUT2D eigenvalue weighted by atomic mass is 32.1. The number of likely N-dealkylation sites (tertiary alicyclic amines) is 1. The van der Waals surface area contributed by atoms with Crippen LogP contribution in [0.1, 0.15) is 24.0 Å². The Bertz CT molecular complexity index is 1330. The SMILES string of the molecule is O=C(C[C@H](O)[C@@H]1C[C@H](S)CN1C(=O)OCc1ccc([N+](=O)[O-])cc1)N1CCN(C(=O)OCc2ccc([N+](=O)[O-])cc2)CC1. The second kappa shape index (κ2) is 14.2. The Balaban J connectivity index is 1.22. The molecule has 0 spiro atoms. The molecule has 0 aliphatic carbocycles. The van der Waals surface area contributed by atoms with Crippen molar-refractivity contribution in [1.82, 2.24) is 14.7 Å².